The molecule has 3 heteroatoms. The van der Waals surface area contributed by atoms with Crippen LogP contribution in [0, 0.1) is 5.92 Å². The Bertz CT molecular complexity index is 351. The lowest BCUT2D eigenvalue weighted by Crippen LogP contribution is -2.33. The van der Waals surface area contributed by atoms with E-state index in [4.69, 9.17) is 0 Å². The second kappa shape index (κ2) is 6.01. The van der Waals surface area contributed by atoms with E-state index in [1.807, 2.05) is 12.3 Å². The van der Waals surface area contributed by atoms with Crippen molar-refractivity contribution >= 4 is 5.69 Å². The third-order valence-electron chi connectivity index (χ3n) is 3.32. The summed E-state index contributed by atoms with van der Waals surface area (Å²) in [5.41, 5.74) is 2.36. The van der Waals surface area contributed by atoms with Gasteiger partial charge in [-0.25, -0.2) is 0 Å². The van der Waals surface area contributed by atoms with E-state index >= 15 is 0 Å². The van der Waals surface area contributed by atoms with Gasteiger partial charge < -0.3 is 5.32 Å². The van der Waals surface area contributed by atoms with Crippen LogP contribution < -0.4 is 5.32 Å². The molecule has 1 atom stereocenters. The third kappa shape index (κ3) is 3.70. The first kappa shape index (κ1) is 12.4. The van der Waals surface area contributed by atoms with Gasteiger partial charge in [-0.1, -0.05) is 6.92 Å². The highest BCUT2D eigenvalue weighted by molar-refractivity contribution is 5.42. The molecule has 3 nitrogen and oxygen atoms in total. The first-order chi connectivity index (χ1) is 8.28. The van der Waals surface area contributed by atoms with Gasteiger partial charge in [-0.2, -0.15) is 0 Å². The van der Waals surface area contributed by atoms with Crippen molar-refractivity contribution in [1.82, 2.24) is 9.88 Å². The fourth-order valence-corrected chi connectivity index (χ4v) is 2.54. The maximum atomic E-state index is 4.46. The first-order valence-corrected chi connectivity index (χ1v) is 6.69. The van der Waals surface area contributed by atoms with Gasteiger partial charge >= 0.3 is 0 Å². The van der Waals surface area contributed by atoms with E-state index in [1.165, 1.54) is 37.3 Å². The quantitative estimate of drug-likeness (QED) is 0.866. The van der Waals surface area contributed by atoms with Crippen molar-refractivity contribution in [1.29, 1.82) is 0 Å². The summed E-state index contributed by atoms with van der Waals surface area (Å²) in [6, 6.07) is 4.20. The molecule has 1 saturated heterocycles. The van der Waals surface area contributed by atoms with Gasteiger partial charge in [0, 0.05) is 31.5 Å². The lowest BCUT2D eigenvalue weighted by Gasteiger charge is -2.30. The van der Waals surface area contributed by atoms with Crippen molar-refractivity contribution < 1.29 is 0 Å². The van der Waals surface area contributed by atoms with Crippen molar-refractivity contribution in [3.05, 3.63) is 24.0 Å². The van der Waals surface area contributed by atoms with Gasteiger partial charge in [-0.15, -0.1) is 0 Å². The van der Waals surface area contributed by atoms with Crippen molar-refractivity contribution in [2.75, 3.05) is 25.0 Å². The summed E-state index contributed by atoms with van der Waals surface area (Å²) in [4.78, 5) is 6.98. The van der Waals surface area contributed by atoms with Crippen LogP contribution in [-0.2, 0) is 6.54 Å². The first-order valence-electron chi connectivity index (χ1n) is 6.69. The Kier molecular flexibility index (Phi) is 4.37. The van der Waals surface area contributed by atoms with Gasteiger partial charge in [0.05, 0.1) is 5.69 Å². The molecule has 0 bridgehead atoms. The van der Waals surface area contributed by atoms with E-state index in [-0.39, 0.29) is 0 Å². The molecule has 1 aromatic rings. The fourth-order valence-electron chi connectivity index (χ4n) is 2.54. The summed E-state index contributed by atoms with van der Waals surface area (Å²) in [7, 11) is 0. The monoisotopic (exact) mass is 233 g/mol. The summed E-state index contributed by atoms with van der Waals surface area (Å²) in [6.45, 7) is 8.85. The van der Waals surface area contributed by atoms with Crippen molar-refractivity contribution in [3.8, 4) is 0 Å². The lowest BCUT2D eigenvalue weighted by molar-refractivity contribution is 0.175. The van der Waals surface area contributed by atoms with Crippen LogP contribution in [0.1, 0.15) is 32.4 Å². The summed E-state index contributed by atoms with van der Waals surface area (Å²) in [5, 5.41) is 3.34. The zero-order valence-electron chi connectivity index (χ0n) is 10.9. The molecule has 2 rings (SSSR count). The summed E-state index contributed by atoms with van der Waals surface area (Å²) >= 11 is 0. The molecule has 1 fully saturated rings. The predicted molar refractivity (Wildman–Crippen MR) is 72.1 cm³/mol. The van der Waals surface area contributed by atoms with E-state index in [9.17, 15) is 0 Å². The van der Waals surface area contributed by atoms with Crippen LogP contribution in [0.15, 0.2) is 18.3 Å². The molecule has 0 spiro atoms. The van der Waals surface area contributed by atoms with Gasteiger partial charge in [0.1, 0.15) is 0 Å². The van der Waals surface area contributed by atoms with Gasteiger partial charge in [-0.05, 0) is 44.4 Å². The van der Waals surface area contributed by atoms with Gasteiger partial charge in [0.25, 0.3) is 0 Å². The average molecular weight is 233 g/mol. The maximum Gasteiger partial charge on any atom is 0.0564 e. The molecule has 17 heavy (non-hydrogen) atoms. The second-order valence-electron chi connectivity index (χ2n) is 5.05. The molecule has 0 aromatic carbocycles. The van der Waals surface area contributed by atoms with Crippen LogP contribution in [0.4, 0.5) is 5.69 Å². The molecular formula is C14H23N3. The van der Waals surface area contributed by atoms with E-state index in [1.54, 1.807) is 0 Å². The molecule has 0 radical (unpaired) electrons. The number of rotatable bonds is 4. The molecule has 2 heterocycles. The zero-order chi connectivity index (χ0) is 12.1. The van der Waals surface area contributed by atoms with Crippen LogP contribution >= 0.6 is 0 Å². The van der Waals surface area contributed by atoms with Crippen LogP contribution in [0.3, 0.4) is 0 Å². The molecule has 1 N–H and O–H groups in total. The molecule has 1 unspecified atom stereocenters. The van der Waals surface area contributed by atoms with E-state index < -0.39 is 0 Å². The molecule has 0 saturated carbocycles. The molecular weight excluding hydrogens is 210 g/mol. The third-order valence-corrected chi connectivity index (χ3v) is 3.32. The average Bonchev–Trinajstić information content (AvgIpc) is 2.30. The number of hydrogen-bond donors (Lipinski definition) is 1. The Morgan fingerprint density at radius 2 is 2.41 bits per heavy atom. The molecule has 94 valence electrons. The van der Waals surface area contributed by atoms with Gasteiger partial charge in [0.15, 0.2) is 0 Å². The highest BCUT2D eigenvalue weighted by atomic mass is 15.1. The molecule has 0 amide bonds. The number of hydrogen-bond acceptors (Lipinski definition) is 3. The number of nitrogens with zero attached hydrogens (tertiary/aromatic N) is 2. The van der Waals surface area contributed by atoms with Crippen LogP contribution in [0.2, 0.25) is 0 Å². The number of nitrogens with one attached hydrogen (secondary N) is 1. The number of likely N-dealkylation sites (tertiary alicyclic amines) is 1. The predicted octanol–water partition coefficient (Wildman–Crippen LogP) is 2.75. The number of anilines is 1. The van der Waals surface area contributed by atoms with E-state index in [0.717, 1.165) is 19.0 Å². The molecule has 1 aromatic heterocycles. The topological polar surface area (TPSA) is 28.2 Å². The normalized spacial score (nSPS) is 21.4. The lowest BCUT2D eigenvalue weighted by atomic mass is 10.0. The Hall–Kier alpha value is -1.09. The largest absolute Gasteiger partial charge is 0.385 e. The van der Waals surface area contributed by atoms with Crippen molar-refractivity contribution in [2.45, 2.75) is 33.2 Å². The summed E-state index contributed by atoms with van der Waals surface area (Å²) in [6.07, 6.45) is 4.61. The van der Waals surface area contributed by atoms with Gasteiger partial charge in [-0.3, -0.25) is 9.88 Å². The summed E-state index contributed by atoms with van der Waals surface area (Å²) < 4.78 is 0. The smallest absolute Gasteiger partial charge is 0.0564 e. The molecule has 1 aliphatic rings. The molecule has 1 aliphatic heterocycles. The minimum Gasteiger partial charge on any atom is -0.385 e. The number of pyridine rings is 1. The van der Waals surface area contributed by atoms with Crippen LogP contribution in [0.5, 0.6) is 0 Å². The Morgan fingerprint density at radius 1 is 1.53 bits per heavy atom. The zero-order valence-corrected chi connectivity index (χ0v) is 10.9. The fraction of sp³-hybridized carbons (Fsp3) is 0.643. The Balaban J connectivity index is 1.95. The highest BCUT2D eigenvalue weighted by Crippen LogP contribution is 2.18. The molecule has 0 aliphatic carbocycles. The minimum atomic E-state index is 0.834. The van der Waals surface area contributed by atoms with Gasteiger partial charge in [0.2, 0.25) is 0 Å². The standard InChI is InChI=1S/C14H23N3/c1-3-15-13-6-7-16-14(9-13)11-17-8-4-5-12(2)10-17/h6-7,9,12H,3-5,8,10-11H2,1-2H3,(H,15,16). The Labute approximate surface area is 104 Å². The minimum absolute atomic E-state index is 0.834. The number of piperidine rings is 1. The summed E-state index contributed by atoms with van der Waals surface area (Å²) in [5.74, 6) is 0.834. The SMILES string of the molecule is CCNc1ccnc(CN2CCCC(C)C2)c1. The van der Waals surface area contributed by atoms with Crippen LogP contribution in [0.25, 0.3) is 0 Å². The van der Waals surface area contributed by atoms with Crippen molar-refractivity contribution in [2.24, 2.45) is 5.92 Å². The Morgan fingerprint density at radius 3 is 3.18 bits per heavy atom. The number of aromatic nitrogens is 1. The van der Waals surface area contributed by atoms with E-state index in [0.29, 0.717) is 0 Å². The highest BCUT2D eigenvalue weighted by Gasteiger charge is 2.16. The second-order valence-corrected chi connectivity index (χ2v) is 5.05. The van der Waals surface area contributed by atoms with Crippen LogP contribution in [-0.4, -0.2) is 29.5 Å². The van der Waals surface area contributed by atoms with E-state index in [2.05, 4.69) is 35.1 Å². The maximum absolute atomic E-state index is 4.46. The van der Waals surface area contributed by atoms with Crippen molar-refractivity contribution in [3.63, 3.8) is 0 Å².